The Hall–Kier alpha value is -1.13. The lowest BCUT2D eigenvalue weighted by Crippen LogP contribution is -2.51. The lowest BCUT2D eigenvalue weighted by atomic mass is 10.2. The second-order valence-corrected chi connectivity index (χ2v) is 3.88. The van der Waals surface area contributed by atoms with Gasteiger partial charge in [-0.3, -0.25) is 4.79 Å². The standard InChI is InChI=1S/C10H16F2N2O/c1-7(2)14-5-4-13(6-9(11)12)10(15)8(14)3/h7,9H,3-6H2,1-2H3. The summed E-state index contributed by atoms with van der Waals surface area (Å²) in [5.41, 5.74) is 0.317. The number of hydrogen-bond acceptors (Lipinski definition) is 2. The zero-order valence-electron chi connectivity index (χ0n) is 9.04. The van der Waals surface area contributed by atoms with Crippen molar-refractivity contribution in [3.05, 3.63) is 12.3 Å². The normalized spacial score (nSPS) is 18.3. The molecule has 1 amide bonds. The highest BCUT2D eigenvalue weighted by molar-refractivity contribution is 5.93. The van der Waals surface area contributed by atoms with Crippen molar-refractivity contribution in [2.75, 3.05) is 19.6 Å². The molecule has 1 aliphatic heterocycles. The summed E-state index contributed by atoms with van der Waals surface area (Å²) in [6.45, 7) is 7.97. The molecule has 0 bridgehead atoms. The fourth-order valence-electron chi connectivity index (χ4n) is 1.68. The van der Waals surface area contributed by atoms with E-state index in [4.69, 9.17) is 0 Å². The summed E-state index contributed by atoms with van der Waals surface area (Å²) >= 11 is 0. The number of hydrogen-bond donors (Lipinski definition) is 0. The van der Waals surface area contributed by atoms with Crippen LogP contribution in [-0.4, -0.2) is 47.8 Å². The molecule has 0 aromatic rings. The van der Waals surface area contributed by atoms with Crippen LogP contribution in [0.1, 0.15) is 13.8 Å². The number of carbonyl (C=O) groups is 1. The number of rotatable bonds is 3. The van der Waals surface area contributed by atoms with Crippen molar-refractivity contribution in [2.24, 2.45) is 0 Å². The summed E-state index contributed by atoms with van der Waals surface area (Å²) in [6.07, 6.45) is -2.48. The molecule has 1 heterocycles. The van der Waals surface area contributed by atoms with Gasteiger partial charge in [-0.15, -0.1) is 0 Å². The maximum atomic E-state index is 12.1. The van der Waals surface area contributed by atoms with Gasteiger partial charge in [-0.05, 0) is 13.8 Å². The highest BCUT2D eigenvalue weighted by atomic mass is 19.3. The van der Waals surface area contributed by atoms with Crippen LogP contribution in [0.25, 0.3) is 0 Å². The summed E-state index contributed by atoms with van der Waals surface area (Å²) in [5, 5.41) is 0. The lowest BCUT2D eigenvalue weighted by molar-refractivity contribution is -0.134. The number of nitrogens with zero attached hydrogens (tertiary/aromatic N) is 2. The summed E-state index contributed by atoms with van der Waals surface area (Å²) in [4.78, 5) is 14.6. The van der Waals surface area contributed by atoms with Crippen molar-refractivity contribution in [1.29, 1.82) is 0 Å². The molecule has 0 N–H and O–H groups in total. The lowest BCUT2D eigenvalue weighted by Gasteiger charge is -2.39. The van der Waals surface area contributed by atoms with Crippen molar-refractivity contribution in [1.82, 2.24) is 9.80 Å². The third kappa shape index (κ3) is 2.67. The van der Waals surface area contributed by atoms with E-state index in [9.17, 15) is 13.6 Å². The van der Waals surface area contributed by atoms with Gasteiger partial charge in [0.1, 0.15) is 0 Å². The minimum Gasteiger partial charge on any atom is -0.363 e. The summed E-state index contributed by atoms with van der Waals surface area (Å²) in [5.74, 6) is -0.379. The highest BCUT2D eigenvalue weighted by Gasteiger charge is 2.29. The molecule has 1 aliphatic rings. The summed E-state index contributed by atoms with van der Waals surface area (Å²) in [7, 11) is 0. The van der Waals surface area contributed by atoms with Gasteiger partial charge in [-0.25, -0.2) is 8.78 Å². The molecule has 1 rings (SSSR count). The molecule has 0 radical (unpaired) electrons. The van der Waals surface area contributed by atoms with Crippen molar-refractivity contribution >= 4 is 5.91 Å². The van der Waals surface area contributed by atoms with Crippen LogP contribution < -0.4 is 0 Å². The molecule has 0 aromatic heterocycles. The van der Waals surface area contributed by atoms with Crippen LogP contribution in [0.5, 0.6) is 0 Å². The van der Waals surface area contributed by atoms with Gasteiger partial charge >= 0.3 is 0 Å². The molecule has 0 unspecified atom stereocenters. The molecular weight excluding hydrogens is 202 g/mol. The summed E-state index contributed by atoms with van der Waals surface area (Å²) in [6, 6.07) is 0.176. The Kier molecular flexibility index (Phi) is 3.66. The minimum absolute atomic E-state index is 0.176. The molecule has 5 heteroatoms. The fourth-order valence-corrected chi connectivity index (χ4v) is 1.68. The number of carbonyl (C=O) groups excluding carboxylic acids is 1. The zero-order chi connectivity index (χ0) is 11.6. The first kappa shape index (κ1) is 11.9. The molecule has 0 aliphatic carbocycles. The second-order valence-electron chi connectivity index (χ2n) is 3.88. The second kappa shape index (κ2) is 4.59. The number of alkyl halides is 2. The fraction of sp³-hybridized carbons (Fsp3) is 0.700. The van der Waals surface area contributed by atoms with Gasteiger partial charge in [0.05, 0.1) is 12.2 Å². The first-order chi connectivity index (χ1) is 6.93. The molecule has 86 valence electrons. The number of piperazine rings is 1. The molecule has 0 aromatic carbocycles. The van der Waals surface area contributed by atoms with E-state index in [1.807, 2.05) is 18.7 Å². The Balaban J connectivity index is 2.65. The van der Waals surface area contributed by atoms with Crippen molar-refractivity contribution in [2.45, 2.75) is 26.3 Å². The molecule has 0 saturated carbocycles. The number of halogens is 2. The molecule has 15 heavy (non-hydrogen) atoms. The molecule has 3 nitrogen and oxygen atoms in total. The van der Waals surface area contributed by atoms with Crippen LogP contribution in [0.2, 0.25) is 0 Å². The van der Waals surface area contributed by atoms with Crippen LogP contribution in [0.15, 0.2) is 12.3 Å². The SMILES string of the molecule is C=C1C(=O)N(CC(F)F)CCN1C(C)C. The van der Waals surface area contributed by atoms with Crippen molar-refractivity contribution < 1.29 is 13.6 Å². The third-order valence-corrected chi connectivity index (χ3v) is 2.47. The Morgan fingerprint density at radius 2 is 2.00 bits per heavy atom. The van der Waals surface area contributed by atoms with E-state index in [-0.39, 0.29) is 11.9 Å². The van der Waals surface area contributed by atoms with E-state index < -0.39 is 13.0 Å². The van der Waals surface area contributed by atoms with E-state index >= 15 is 0 Å². The van der Waals surface area contributed by atoms with Gasteiger partial charge in [0.25, 0.3) is 12.3 Å². The Labute approximate surface area is 88.3 Å². The van der Waals surface area contributed by atoms with E-state index in [1.54, 1.807) is 0 Å². The van der Waals surface area contributed by atoms with E-state index in [1.165, 1.54) is 0 Å². The van der Waals surface area contributed by atoms with Gasteiger partial charge in [-0.2, -0.15) is 0 Å². The maximum absolute atomic E-state index is 12.1. The first-order valence-electron chi connectivity index (χ1n) is 4.96. The van der Waals surface area contributed by atoms with Gasteiger partial charge in [0.15, 0.2) is 0 Å². The van der Waals surface area contributed by atoms with Crippen LogP contribution >= 0.6 is 0 Å². The van der Waals surface area contributed by atoms with E-state index in [2.05, 4.69) is 6.58 Å². The van der Waals surface area contributed by atoms with Crippen LogP contribution in [0, 0.1) is 0 Å². The zero-order valence-corrected chi connectivity index (χ0v) is 9.04. The first-order valence-corrected chi connectivity index (χ1v) is 4.96. The van der Waals surface area contributed by atoms with Crippen LogP contribution in [0.3, 0.4) is 0 Å². The topological polar surface area (TPSA) is 23.6 Å². The maximum Gasteiger partial charge on any atom is 0.269 e. The molecule has 0 atom stereocenters. The third-order valence-electron chi connectivity index (χ3n) is 2.47. The van der Waals surface area contributed by atoms with Crippen molar-refractivity contribution in [3.8, 4) is 0 Å². The highest BCUT2D eigenvalue weighted by Crippen LogP contribution is 2.17. The average molecular weight is 218 g/mol. The largest absolute Gasteiger partial charge is 0.363 e. The average Bonchev–Trinajstić information content (AvgIpc) is 2.12. The van der Waals surface area contributed by atoms with Gasteiger partial charge in [0.2, 0.25) is 0 Å². The Morgan fingerprint density at radius 1 is 1.40 bits per heavy atom. The van der Waals surface area contributed by atoms with E-state index in [0.29, 0.717) is 18.8 Å². The predicted octanol–water partition coefficient (Wildman–Crippen LogP) is 1.32. The monoisotopic (exact) mass is 218 g/mol. The molecule has 1 saturated heterocycles. The van der Waals surface area contributed by atoms with Gasteiger partial charge in [-0.1, -0.05) is 6.58 Å². The molecular formula is C10H16F2N2O. The van der Waals surface area contributed by atoms with Crippen LogP contribution in [-0.2, 0) is 4.79 Å². The van der Waals surface area contributed by atoms with Gasteiger partial charge in [0, 0.05) is 19.1 Å². The smallest absolute Gasteiger partial charge is 0.269 e. The Morgan fingerprint density at radius 3 is 2.47 bits per heavy atom. The Bertz CT molecular complexity index is 266. The quantitative estimate of drug-likeness (QED) is 0.667. The van der Waals surface area contributed by atoms with Crippen molar-refractivity contribution in [3.63, 3.8) is 0 Å². The minimum atomic E-state index is -2.48. The predicted molar refractivity (Wildman–Crippen MR) is 53.6 cm³/mol. The van der Waals surface area contributed by atoms with Crippen LogP contribution in [0.4, 0.5) is 8.78 Å². The molecule has 1 fully saturated rings. The van der Waals surface area contributed by atoms with E-state index in [0.717, 1.165) is 4.90 Å². The molecule has 0 spiro atoms. The number of amides is 1. The van der Waals surface area contributed by atoms with Gasteiger partial charge < -0.3 is 9.80 Å². The summed E-state index contributed by atoms with van der Waals surface area (Å²) < 4.78 is 24.3.